The zero-order valence-electron chi connectivity index (χ0n) is 7.31. The Morgan fingerprint density at radius 2 is 1.82 bits per heavy atom. The highest BCUT2D eigenvalue weighted by Gasteiger charge is 2.45. The Kier molecular flexibility index (Phi) is 1.92. The van der Waals surface area contributed by atoms with Gasteiger partial charge < -0.3 is 5.73 Å². The van der Waals surface area contributed by atoms with Gasteiger partial charge in [0.15, 0.2) is 0 Å². The van der Waals surface area contributed by atoms with Crippen molar-refractivity contribution in [3.63, 3.8) is 0 Å². The van der Waals surface area contributed by atoms with E-state index in [1.54, 1.807) is 0 Å². The Labute approximate surface area is 69.4 Å². The first-order valence-corrected chi connectivity index (χ1v) is 5.07. The van der Waals surface area contributed by atoms with E-state index >= 15 is 0 Å². The third-order valence-corrected chi connectivity index (χ3v) is 3.68. The standard InChI is InChI=1S/C10H19N/c11-8-7-10(9-3-4-9)5-1-2-6-10/h9H,1-8,11H2. The van der Waals surface area contributed by atoms with Crippen molar-refractivity contribution < 1.29 is 0 Å². The molecule has 0 unspecified atom stereocenters. The average molecular weight is 153 g/mol. The summed E-state index contributed by atoms with van der Waals surface area (Å²) < 4.78 is 0. The second-order valence-corrected chi connectivity index (χ2v) is 4.38. The van der Waals surface area contributed by atoms with E-state index in [-0.39, 0.29) is 0 Å². The molecule has 11 heavy (non-hydrogen) atoms. The summed E-state index contributed by atoms with van der Waals surface area (Å²) in [4.78, 5) is 0. The van der Waals surface area contributed by atoms with Crippen LogP contribution in [0.15, 0.2) is 0 Å². The Bertz CT molecular complexity index is 132. The van der Waals surface area contributed by atoms with Crippen LogP contribution in [0.1, 0.15) is 44.9 Å². The molecule has 2 fully saturated rings. The van der Waals surface area contributed by atoms with Crippen molar-refractivity contribution in [1.82, 2.24) is 0 Å². The predicted molar refractivity (Wildman–Crippen MR) is 47.3 cm³/mol. The second-order valence-electron chi connectivity index (χ2n) is 4.38. The van der Waals surface area contributed by atoms with Gasteiger partial charge in [0.05, 0.1) is 0 Å². The highest BCUT2D eigenvalue weighted by atomic mass is 14.6. The molecule has 2 aliphatic rings. The number of hydrogen-bond acceptors (Lipinski definition) is 1. The van der Waals surface area contributed by atoms with E-state index < -0.39 is 0 Å². The Hall–Kier alpha value is -0.0400. The molecule has 0 aromatic carbocycles. The van der Waals surface area contributed by atoms with Crippen molar-refractivity contribution in [2.45, 2.75) is 44.9 Å². The normalized spacial score (nSPS) is 29.2. The molecule has 0 atom stereocenters. The molecule has 1 nitrogen and oxygen atoms in total. The smallest absolute Gasteiger partial charge is 0.00719 e. The van der Waals surface area contributed by atoms with E-state index in [2.05, 4.69) is 0 Å². The van der Waals surface area contributed by atoms with Gasteiger partial charge in [-0.3, -0.25) is 0 Å². The first-order valence-electron chi connectivity index (χ1n) is 5.07. The van der Waals surface area contributed by atoms with Crippen LogP contribution in [0.2, 0.25) is 0 Å². The van der Waals surface area contributed by atoms with Gasteiger partial charge in [-0.2, -0.15) is 0 Å². The summed E-state index contributed by atoms with van der Waals surface area (Å²) in [6.07, 6.45) is 10.2. The molecule has 0 radical (unpaired) electrons. The highest BCUT2D eigenvalue weighted by molar-refractivity contribution is 4.96. The molecule has 0 amide bonds. The lowest BCUT2D eigenvalue weighted by atomic mass is 9.78. The molecule has 0 saturated heterocycles. The summed E-state index contributed by atoms with van der Waals surface area (Å²) >= 11 is 0. The maximum atomic E-state index is 5.66. The van der Waals surface area contributed by atoms with Crippen molar-refractivity contribution in [1.29, 1.82) is 0 Å². The molecule has 0 aromatic rings. The Balaban J connectivity index is 1.99. The lowest BCUT2D eigenvalue weighted by Crippen LogP contribution is -2.23. The zero-order chi connectivity index (χ0) is 7.73. The molecule has 0 aromatic heterocycles. The third kappa shape index (κ3) is 1.31. The molecule has 0 aliphatic heterocycles. The molecule has 2 saturated carbocycles. The van der Waals surface area contributed by atoms with Gasteiger partial charge in [-0.15, -0.1) is 0 Å². The monoisotopic (exact) mass is 153 g/mol. The van der Waals surface area contributed by atoms with E-state index in [1.807, 2.05) is 0 Å². The zero-order valence-corrected chi connectivity index (χ0v) is 7.31. The lowest BCUT2D eigenvalue weighted by Gasteiger charge is -2.28. The van der Waals surface area contributed by atoms with Gasteiger partial charge in [0.25, 0.3) is 0 Å². The number of nitrogens with two attached hydrogens (primary N) is 1. The molecule has 2 N–H and O–H groups in total. The van der Waals surface area contributed by atoms with E-state index in [9.17, 15) is 0 Å². The van der Waals surface area contributed by atoms with Crippen LogP contribution in [-0.2, 0) is 0 Å². The van der Waals surface area contributed by atoms with Gasteiger partial charge in [0.1, 0.15) is 0 Å². The highest BCUT2D eigenvalue weighted by Crippen LogP contribution is 2.56. The minimum atomic E-state index is 0.731. The van der Waals surface area contributed by atoms with Gasteiger partial charge in [0.2, 0.25) is 0 Å². The maximum absolute atomic E-state index is 5.66. The minimum Gasteiger partial charge on any atom is -0.330 e. The second kappa shape index (κ2) is 2.78. The summed E-state index contributed by atoms with van der Waals surface area (Å²) in [5.74, 6) is 1.08. The van der Waals surface area contributed by atoms with Crippen LogP contribution in [0.25, 0.3) is 0 Å². The molecular formula is C10H19N. The van der Waals surface area contributed by atoms with E-state index in [1.165, 1.54) is 44.9 Å². The summed E-state index contributed by atoms with van der Waals surface area (Å²) in [6, 6.07) is 0. The molecule has 0 bridgehead atoms. The molecule has 2 aliphatic carbocycles. The van der Waals surface area contributed by atoms with Crippen molar-refractivity contribution in [2.24, 2.45) is 17.1 Å². The Morgan fingerprint density at radius 1 is 1.18 bits per heavy atom. The van der Waals surface area contributed by atoms with Gasteiger partial charge in [0, 0.05) is 0 Å². The average Bonchev–Trinajstić information content (AvgIpc) is 2.76. The van der Waals surface area contributed by atoms with Crippen LogP contribution in [0.3, 0.4) is 0 Å². The van der Waals surface area contributed by atoms with Gasteiger partial charge in [-0.1, -0.05) is 12.8 Å². The Morgan fingerprint density at radius 3 is 2.27 bits per heavy atom. The fourth-order valence-electron chi connectivity index (χ4n) is 2.92. The summed E-state index contributed by atoms with van der Waals surface area (Å²) in [6.45, 7) is 0.913. The van der Waals surface area contributed by atoms with Gasteiger partial charge in [-0.05, 0) is 50.0 Å². The van der Waals surface area contributed by atoms with Crippen LogP contribution in [0.5, 0.6) is 0 Å². The fraction of sp³-hybridized carbons (Fsp3) is 1.00. The van der Waals surface area contributed by atoms with Crippen molar-refractivity contribution in [3.8, 4) is 0 Å². The van der Waals surface area contributed by atoms with Crippen molar-refractivity contribution in [3.05, 3.63) is 0 Å². The van der Waals surface area contributed by atoms with Crippen LogP contribution in [0.4, 0.5) is 0 Å². The molecule has 0 spiro atoms. The minimum absolute atomic E-state index is 0.731. The van der Waals surface area contributed by atoms with Crippen LogP contribution in [-0.4, -0.2) is 6.54 Å². The maximum Gasteiger partial charge on any atom is -0.00719 e. The van der Waals surface area contributed by atoms with Crippen LogP contribution >= 0.6 is 0 Å². The van der Waals surface area contributed by atoms with E-state index in [4.69, 9.17) is 5.73 Å². The quantitative estimate of drug-likeness (QED) is 0.661. The fourth-order valence-corrected chi connectivity index (χ4v) is 2.92. The predicted octanol–water partition coefficient (Wildman–Crippen LogP) is 2.31. The van der Waals surface area contributed by atoms with Gasteiger partial charge in [-0.25, -0.2) is 0 Å². The number of rotatable bonds is 3. The van der Waals surface area contributed by atoms with Crippen LogP contribution < -0.4 is 5.73 Å². The third-order valence-electron chi connectivity index (χ3n) is 3.68. The summed E-state index contributed by atoms with van der Waals surface area (Å²) in [5, 5.41) is 0. The molecular weight excluding hydrogens is 134 g/mol. The van der Waals surface area contributed by atoms with E-state index in [0.717, 1.165) is 17.9 Å². The van der Waals surface area contributed by atoms with E-state index in [0.29, 0.717) is 0 Å². The lowest BCUT2D eigenvalue weighted by molar-refractivity contribution is 0.230. The first kappa shape index (κ1) is 7.60. The largest absolute Gasteiger partial charge is 0.330 e. The molecule has 64 valence electrons. The van der Waals surface area contributed by atoms with Crippen molar-refractivity contribution in [2.75, 3.05) is 6.54 Å². The van der Waals surface area contributed by atoms with Gasteiger partial charge >= 0.3 is 0 Å². The first-order chi connectivity index (χ1) is 5.37. The topological polar surface area (TPSA) is 26.0 Å². The summed E-state index contributed by atoms with van der Waals surface area (Å²) in [5.41, 5.74) is 6.39. The molecule has 0 heterocycles. The van der Waals surface area contributed by atoms with Crippen LogP contribution in [0, 0.1) is 11.3 Å². The molecule has 1 heteroatoms. The summed E-state index contributed by atoms with van der Waals surface area (Å²) in [7, 11) is 0. The molecule has 2 rings (SSSR count). The van der Waals surface area contributed by atoms with Crippen molar-refractivity contribution >= 4 is 0 Å². The SMILES string of the molecule is NCCC1(C2CC2)CCCC1. The number of hydrogen-bond donors (Lipinski definition) is 1.